The third-order valence-electron chi connectivity index (χ3n) is 3.79. The maximum absolute atomic E-state index is 5.83. The van der Waals surface area contributed by atoms with Crippen molar-refractivity contribution in [3.05, 3.63) is 27.7 Å². The number of nitrogens with two attached hydrogens (primary N) is 1. The van der Waals surface area contributed by atoms with Crippen LogP contribution in [0.5, 0.6) is 0 Å². The number of aryl methyl sites for hydroxylation is 2. The summed E-state index contributed by atoms with van der Waals surface area (Å²) in [4.78, 5) is 0. The summed E-state index contributed by atoms with van der Waals surface area (Å²) in [6.45, 7) is 5.12. The number of anilines is 1. The Kier molecular flexibility index (Phi) is 4.10. The van der Waals surface area contributed by atoms with Gasteiger partial charge >= 0.3 is 0 Å². The molecule has 17 heavy (non-hydrogen) atoms. The van der Waals surface area contributed by atoms with E-state index >= 15 is 0 Å². The zero-order chi connectivity index (χ0) is 12.4. The van der Waals surface area contributed by atoms with Crippen molar-refractivity contribution in [1.29, 1.82) is 0 Å². The summed E-state index contributed by atoms with van der Waals surface area (Å²) in [5.74, 6) is 0.637. The molecule has 2 atom stereocenters. The van der Waals surface area contributed by atoms with E-state index in [4.69, 9.17) is 5.73 Å². The first-order valence-corrected chi connectivity index (χ1v) is 7.14. The summed E-state index contributed by atoms with van der Waals surface area (Å²) in [5.41, 5.74) is 9.73. The monoisotopic (exact) mass is 296 g/mol. The van der Waals surface area contributed by atoms with Crippen molar-refractivity contribution in [3.63, 3.8) is 0 Å². The van der Waals surface area contributed by atoms with Crippen molar-refractivity contribution >= 4 is 21.6 Å². The van der Waals surface area contributed by atoms with Crippen molar-refractivity contribution in [1.82, 2.24) is 0 Å². The standard InChI is InChI=1S/C14H21BrN2/c1-9-6-12(15)7-10(2)14(9)17-13-5-3-4-11(13)8-16/h6-7,11,13,17H,3-5,8,16H2,1-2H3. The third kappa shape index (κ3) is 2.83. The molecule has 94 valence electrons. The molecule has 3 N–H and O–H groups in total. The Balaban J connectivity index is 2.18. The van der Waals surface area contributed by atoms with Gasteiger partial charge in [0.25, 0.3) is 0 Å². The molecule has 2 rings (SSSR count). The summed E-state index contributed by atoms with van der Waals surface area (Å²) in [6.07, 6.45) is 3.81. The van der Waals surface area contributed by atoms with E-state index in [1.807, 2.05) is 0 Å². The van der Waals surface area contributed by atoms with Crippen LogP contribution < -0.4 is 11.1 Å². The number of halogens is 1. The largest absolute Gasteiger partial charge is 0.382 e. The normalized spacial score (nSPS) is 24.0. The highest BCUT2D eigenvalue weighted by molar-refractivity contribution is 9.10. The smallest absolute Gasteiger partial charge is 0.0402 e. The fourth-order valence-electron chi connectivity index (χ4n) is 2.83. The van der Waals surface area contributed by atoms with E-state index in [2.05, 4.69) is 47.2 Å². The van der Waals surface area contributed by atoms with Gasteiger partial charge in [-0.2, -0.15) is 0 Å². The van der Waals surface area contributed by atoms with Gasteiger partial charge in [0, 0.05) is 16.2 Å². The van der Waals surface area contributed by atoms with Crippen LogP contribution in [-0.4, -0.2) is 12.6 Å². The molecule has 2 nitrogen and oxygen atoms in total. The summed E-state index contributed by atoms with van der Waals surface area (Å²) < 4.78 is 1.15. The van der Waals surface area contributed by atoms with Gasteiger partial charge in [-0.25, -0.2) is 0 Å². The fourth-order valence-corrected chi connectivity index (χ4v) is 3.52. The molecule has 0 radical (unpaired) electrons. The van der Waals surface area contributed by atoms with Crippen LogP contribution in [-0.2, 0) is 0 Å². The molecular formula is C14H21BrN2. The quantitative estimate of drug-likeness (QED) is 0.894. The SMILES string of the molecule is Cc1cc(Br)cc(C)c1NC1CCCC1CN. The Bertz CT molecular complexity index is 380. The molecule has 0 amide bonds. The van der Waals surface area contributed by atoms with Gasteiger partial charge in [-0.1, -0.05) is 22.4 Å². The Morgan fingerprint density at radius 3 is 2.53 bits per heavy atom. The molecule has 1 saturated carbocycles. The van der Waals surface area contributed by atoms with Crippen LogP contribution in [0.25, 0.3) is 0 Å². The van der Waals surface area contributed by atoms with Gasteiger partial charge in [-0.15, -0.1) is 0 Å². The second-order valence-corrected chi connectivity index (χ2v) is 6.01. The van der Waals surface area contributed by atoms with E-state index in [0.717, 1.165) is 11.0 Å². The van der Waals surface area contributed by atoms with Gasteiger partial charge in [-0.05, 0) is 62.4 Å². The molecule has 1 aromatic carbocycles. The number of rotatable bonds is 3. The van der Waals surface area contributed by atoms with Crippen molar-refractivity contribution in [2.75, 3.05) is 11.9 Å². The fraction of sp³-hybridized carbons (Fsp3) is 0.571. The molecule has 1 aromatic rings. The highest BCUT2D eigenvalue weighted by Crippen LogP contribution is 2.31. The zero-order valence-electron chi connectivity index (χ0n) is 10.6. The number of nitrogens with one attached hydrogen (secondary N) is 1. The number of hydrogen-bond acceptors (Lipinski definition) is 2. The highest BCUT2D eigenvalue weighted by Gasteiger charge is 2.26. The summed E-state index contributed by atoms with van der Waals surface area (Å²) in [6, 6.07) is 4.89. The van der Waals surface area contributed by atoms with Crippen molar-refractivity contribution in [2.45, 2.75) is 39.2 Å². The minimum atomic E-state index is 0.554. The minimum Gasteiger partial charge on any atom is -0.382 e. The lowest BCUT2D eigenvalue weighted by molar-refractivity contribution is 0.516. The van der Waals surface area contributed by atoms with Crippen molar-refractivity contribution in [2.24, 2.45) is 11.7 Å². The van der Waals surface area contributed by atoms with Crippen LogP contribution in [0.3, 0.4) is 0 Å². The molecule has 1 aliphatic rings. The molecule has 3 heteroatoms. The van der Waals surface area contributed by atoms with E-state index in [1.54, 1.807) is 0 Å². The predicted molar refractivity (Wildman–Crippen MR) is 77.4 cm³/mol. The third-order valence-corrected chi connectivity index (χ3v) is 4.25. The van der Waals surface area contributed by atoms with Gasteiger partial charge in [0.05, 0.1) is 0 Å². The molecule has 2 unspecified atom stereocenters. The Labute approximate surface area is 112 Å². The lowest BCUT2D eigenvalue weighted by Gasteiger charge is -2.23. The molecule has 0 aromatic heterocycles. The minimum absolute atomic E-state index is 0.554. The topological polar surface area (TPSA) is 38.0 Å². The summed E-state index contributed by atoms with van der Waals surface area (Å²) in [7, 11) is 0. The van der Waals surface area contributed by atoms with Crippen molar-refractivity contribution in [3.8, 4) is 0 Å². The van der Waals surface area contributed by atoms with E-state index in [9.17, 15) is 0 Å². The molecule has 1 fully saturated rings. The van der Waals surface area contributed by atoms with Crippen LogP contribution in [0.2, 0.25) is 0 Å². The maximum atomic E-state index is 5.83. The van der Waals surface area contributed by atoms with E-state index < -0.39 is 0 Å². The average Bonchev–Trinajstić information content (AvgIpc) is 2.70. The highest BCUT2D eigenvalue weighted by atomic mass is 79.9. The Morgan fingerprint density at radius 2 is 1.94 bits per heavy atom. The van der Waals surface area contributed by atoms with E-state index in [0.29, 0.717) is 12.0 Å². The molecule has 0 spiro atoms. The van der Waals surface area contributed by atoms with Gasteiger partial charge in [-0.3, -0.25) is 0 Å². The molecular weight excluding hydrogens is 276 g/mol. The van der Waals surface area contributed by atoms with E-state index in [-0.39, 0.29) is 0 Å². The molecule has 0 bridgehead atoms. The zero-order valence-corrected chi connectivity index (χ0v) is 12.2. The summed E-state index contributed by atoms with van der Waals surface area (Å²) in [5, 5.41) is 3.70. The van der Waals surface area contributed by atoms with Crippen LogP contribution in [0.15, 0.2) is 16.6 Å². The Morgan fingerprint density at radius 1 is 1.29 bits per heavy atom. The van der Waals surface area contributed by atoms with Crippen LogP contribution in [0.4, 0.5) is 5.69 Å². The van der Waals surface area contributed by atoms with Gasteiger partial charge in [0.1, 0.15) is 0 Å². The lowest BCUT2D eigenvalue weighted by atomic mass is 10.0. The number of hydrogen-bond donors (Lipinski definition) is 2. The second kappa shape index (κ2) is 5.40. The van der Waals surface area contributed by atoms with E-state index in [1.165, 1.54) is 36.1 Å². The Hall–Kier alpha value is -0.540. The van der Waals surface area contributed by atoms with Gasteiger partial charge in [0.2, 0.25) is 0 Å². The molecule has 0 heterocycles. The first kappa shape index (κ1) is 12.9. The lowest BCUT2D eigenvalue weighted by Crippen LogP contribution is -2.30. The predicted octanol–water partition coefficient (Wildman–Crippen LogP) is 3.61. The van der Waals surface area contributed by atoms with Crippen LogP contribution >= 0.6 is 15.9 Å². The molecule has 1 aliphatic carbocycles. The molecule has 0 aliphatic heterocycles. The number of benzene rings is 1. The first-order chi connectivity index (χ1) is 8.11. The average molecular weight is 297 g/mol. The summed E-state index contributed by atoms with van der Waals surface area (Å²) >= 11 is 3.54. The van der Waals surface area contributed by atoms with Crippen molar-refractivity contribution < 1.29 is 0 Å². The maximum Gasteiger partial charge on any atom is 0.0402 e. The second-order valence-electron chi connectivity index (χ2n) is 5.09. The first-order valence-electron chi connectivity index (χ1n) is 6.35. The van der Waals surface area contributed by atoms with Gasteiger partial charge in [0.15, 0.2) is 0 Å². The molecule has 0 saturated heterocycles. The van der Waals surface area contributed by atoms with Crippen LogP contribution in [0.1, 0.15) is 30.4 Å². The van der Waals surface area contributed by atoms with Gasteiger partial charge < -0.3 is 11.1 Å². The van der Waals surface area contributed by atoms with Crippen LogP contribution in [0, 0.1) is 19.8 Å².